The first-order valence-electron chi connectivity index (χ1n) is 8.29. The molecule has 26 heavy (non-hydrogen) atoms. The number of carbonyl (C=O) groups excluding carboxylic acids is 2. The van der Waals surface area contributed by atoms with Crippen molar-refractivity contribution in [1.29, 1.82) is 0 Å². The van der Waals surface area contributed by atoms with Crippen molar-refractivity contribution < 1.29 is 18.7 Å². The van der Waals surface area contributed by atoms with E-state index >= 15 is 0 Å². The van der Waals surface area contributed by atoms with Crippen molar-refractivity contribution in [3.8, 4) is 0 Å². The van der Waals surface area contributed by atoms with Crippen LogP contribution in [0.2, 0.25) is 0 Å². The second-order valence-electron chi connectivity index (χ2n) is 5.93. The average molecular weight is 351 g/mol. The zero-order valence-corrected chi connectivity index (χ0v) is 14.2. The van der Waals surface area contributed by atoms with Crippen LogP contribution in [0.15, 0.2) is 72.6 Å². The Morgan fingerprint density at radius 1 is 1.15 bits per heavy atom. The number of amides is 1. The maximum absolute atomic E-state index is 13.0. The van der Waals surface area contributed by atoms with Crippen molar-refractivity contribution >= 4 is 11.9 Å². The Kier molecular flexibility index (Phi) is 5.30. The molecule has 132 valence electrons. The van der Waals surface area contributed by atoms with Gasteiger partial charge in [0.15, 0.2) is 5.78 Å². The SMILES string of the molecule is C=C=C(CCC(=O)c1ccc(F)cc1)N1C(=O)OC[C@H]1c1ccccc1. The van der Waals surface area contributed by atoms with E-state index < -0.39 is 11.9 Å². The smallest absolute Gasteiger partial charge is 0.415 e. The number of nitrogens with zero attached hydrogens (tertiary/aromatic N) is 1. The van der Waals surface area contributed by atoms with Gasteiger partial charge in [0, 0.05) is 18.4 Å². The molecule has 1 atom stereocenters. The summed E-state index contributed by atoms with van der Waals surface area (Å²) in [4.78, 5) is 26.0. The van der Waals surface area contributed by atoms with Gasteiger partial charge >= 0.3 is 6.09 Å². The molecule has 1 saturated heterocycles. The lowest BCUT2D eigenvalue weighted by molar-refractivity contribution is 0.0979. The summed E-state index contributed by atoms with van der Waals surface area (Å²) in [5.41, 5.74) is 4.65. The third kappa shape index (κ3) is 3.73. The first-order chi connectivity index (χ1) is 12.6. The second-order valence-corrected chi connectivity index (χ2v) is 5.93. The molecule has 5 heteroatoms. The molecule has 0 saturated carbocycles. The summed E-state index contributed by atoms with van der Waals surface area (Å²) in [6, 6.07) is 14.7. The van der Waals surface area contributed by atoms with E-state index in [1.165, 1.54) is 29.2 Å². The van der Waals surface area contributed by atoms with E-state index in [0.29, 0.717) is 11.3 Å². The van der Waals surface area contributed by atoms with Crippen LogP contribution in [0.3, 0.4) is 0 Å². The first-order valence-corrected chi connectivity index (χ1v) is 8.29. The number of benzene rings is 2. The van der Waals surface area contributed by atoms with Crippen molar-refractivity contribution in [3.05, 3.63) is 89.5 Å². The van der Waals surface area contributed by atoms with Crippen LogP contribution in [0.25, 0.3) is 0 Å². The van der Waals surface area contributed by atoms with Gasteiger partial charge in [0.05, 0.1) is 11.7 Å². The number of ketones is 1. The normalized spacial score (nSPS) is 16.1. The molecule has 0 bridgehead atoms. The quantitative estimate of drug-likeness (QED) is 0.562. The molecule has 1 aliphatic heterocycles. The predicted octanol–water partition coefficient (Wildman–Crippen LogP) is 4.65. The number of hydrogen-bond donors (Lipinski definition) is 0. The molecule has 2 aromatic carbocycles. The maximum atomic E-state index is 13.0. The number of cyclic esters (lactones) is 1. The van der Waals surface area contributed by atoms with Gasteiger partial charge in [0.25, 0.3) is 0 Å². The Hall–Kier alpha value is -3.17. The standard InChI is InChI=1S/C21H18FNO3/c1-2-18(12-13-20(24)16-8-10-17(22)11-9-16)23-19(14-26-21(23)25)15-6-4-3-5-7-15/h3-11,19H,1,12-14H2/t19-/m0/s1. The summed E-state index contributed by atoms with van der Waals surface area (Å²) in [6.07, 6.45) is -0.0216. The van der Waals surface area contributed by atoms with Crippen molar-refractivity contribution in [1.82, 2.24) is 4.90 Å². The van der Waals surface area contributed by atoms with Crippen molar-refractivity contribution in [2.24, 2.45) is 0 Å². The minimum absolute atomic E-state index is 0.137. The second kappa shape index (κ2) is 7.81. The lowest BCUT2D eigenvalue weighted by Crippen LogP contribution is -2.27. The number of halogens is 1. The Morgan fingerprint density at radius 3 is 2.50 bits per heavy atom. The summed E-state index contributed by atoms with van der Waals surface area (Å²) in [6.45, 7) is 3.89. The van der Waals surface area contributed by atoms with Crippen LogP contribution >= 0.6 is 0 Å². The topological polar surface area (TPSA) is 46.6 Å². The summed E-state index contributed by atoms with van der Waals surface area (Å²) in [5, 5.41) is 0. The van der Waals surface area contributed by atoms with Crippen LogP contribution in [0, 0.1) is 5.82 Å². The number of hydrogen-bond acceptors (Lipinski definition) is 3. The average Bonchev–Trinajstić information content (AvgIpc) is 3.05. The monoisotopic (exact) mass is 351 g/mol. The Labute approximate surface area is 151 Å². The lowest BCUT2D eigenvalue weighted by atomic mass is 10.0. The molecule has 4 nitrogen and oxygen atoms in total. The van der Waals surface area contributed by atoms with Gasteiger partial charge in [0.2, 0.25) is 0 Å². The molecular weight excluding hydrogens is 333 g/mol. The van der Waals surface area contributed by atoms with E-state index in [2.05, 4.69) is 12.3 Å². The van der Waals surface area contributed by atoms with Gasteiger partial charge in [-0.1, -0.05) is 36.9 Å². The predicted molar refractivity (Wildman–Crippen MR) is 95.0 cm³/mol. The van der Waals surface area contributed by atoms with Gasteiger partial charge in [-0.3, -0.25) is 9.69 Å². The molecule has 1 amide bonds. The van der Waals surface area contributed by atoms with E-state index in [0.717, 1.165) is 5.56 Å². The van der Waals surface area contributed by atoms with Crippen molar-refractivity contribution in [2.75, 3.05) is 6.61 Å². The van der Waals surface area contributed by atoms with Crippen LogP contribution in [-0.2, 0) is 4.74 Å². The van der Waals surface area contributed by atoms with E-state index in [9.17, 15) is 14.0 Å². The van der Waals surface area contributed by atoms with E-state index in [1.54, 1.807) is 0 Å². The number of carbonyl (C=O) groups is 2. The Morgan fingerprint density at radius 2 is 1.85 bits per heavy atom. The zero-order chi connectivity index (χ0) is 18.5. The molecule has 0 unspecified atom stereocenters. The summed E-state index contributed by atoms with van der Waals surface area (Å²) in [5.74, 6) is -0.527. The summed E-state index contributed by atoms with van der Waals surface area (Å²) in [7, 11) is 0. The van der Waals surface area contributed by atoms with Crippen LogP contribution in [0.1, 0.15) is 34.8 Å². The van der Waals surface area contributed by atoms with Crippen LogP contribution in [0.4, 0.5) is 9.18 Å². The lowest BCUT2D eigenvalue weighted by Gasteiger charge is -2.23. The fourth-order valence-electron chi connectivity index (χ4n) is 2.95. The van der Waals surface area contributed by atoms with Crippen LogP contribution in [0.5, 0.6) is 0 Å². The summed E-state index contributed by atoms with van der Waals surface area (Å²) < 4.78 is 18.2. The molecule has 0 radical (unpaired) electrons. The largest absolute Gasteiger partial charge is 0.447 e. The maximum Gasteiger partial charge on any atom is 0.415 e. The zero-order valence-electron chi connectivity index (χ0n) is 14.2. The highest BCUT2D eigenvalue weighted by molar-refractivity contribution is 5.96. The van der Waals surface area contributed by atoms with Gasteiger partial charge in [0.1, 0.15) is 12.4 Å². The molecule has 0 aromatic heterocycles. The minimum Gasteiger partial charge on any atom is -0.447 e. The van der Waals surface area contributed by atoms with Gasteiger partial charge < -0.3 is 4.74 Å². The molecule has 1 aliphatic rings. The summed E-state index contributed by atoms with van der Waals surface area (Å²) >= 11 is 0. The van der Waals surface area contributed by atoms with E-state index in [1.807, 2.05) is 30.3 Å². The molecule has 2 aromatic rings. The third-order valence-corrected chi connectivity index (χ3v) is 4.31. The van der Waals surface area contributed by atoms with Crippen LogP contribution < -0.4 is 0 Å². The highest BCUT2D eigenvalue weighted by Crippen LogP contribution is 2.32. The Bertz CT molecular complexity index is 855. The molecule has 3 rings (SSSR count). The van der Waals surface area contributed by atoms with E-state index in [-0.39, 0.29) is 31.3 Å². The molecule has 1 fully saturated rings. The number of ether oxygens (including phenoxy) is 1. The van der Waals surface area contributed by atoms with Crippen LogP contribution in [-0.4, -0.2) is 23.4 Å². The molecule has 0 N–H and O–H groups in total. The molecule has 0 spiro atoms. The molecule has 0 aliphatic carbocycles. The first kappa shape index (κ1) is 17.6. The highest BCUT2D eigenvalue weighted by atomic mass is 19.1. The minimum atomic E-state index is -0.473. The fourth-order valence-corrected chi connectivity index (χ4v) is 2.95. The Balaban J connectivity index is 1.73. The van der Waals surface area contributed by atoms with Gasteiger partial charge in [-0.05, 0) is 29.8 Å². The van der Waals surface area contributed by atoms with Gasteiger partial charge in [-0.25, -0.2) is 9.18 Å². The highest BCUT2D eigenvalue weighted by Gasteiger charge is 2.36. The fraction of sp³-hybridized carbons (Fsp3) is 0.190. The third-order valence-electron chi connectivity index (χ3n) is 4.31. The van der Waals surface area contributed by atoms with E-state index in [4.69, 9.17) is 4.74 Å². The number of allylic oxidation sites excluding steroid dienone is 1. The van der Waals surface area contributed by atoms with Crippen molar-refractivity contribution in [3.63, 3.8) is 0 Å². The molecular formula is C21H18FNO3. The van der Waals surface area contributed by atoms with Gasteiger partial charge in [-0.2, -0.15) is 0 Å². The van der Waals surface area contributed by atoms with Gasteiger partial charge in [-0.15, -0.1) is 5.73 Å². The number of rotatable bonds is 6. The molecule has 1 heterocycles. The number of Topliss-reactive ketones (excluding diaryl/α,β-unsaturated/α-hetero) is 1. The van der Waals surface area contributed by atoms with Crippen molar-refractivity contribution in [2.45, 2.75) is 18.9 Å².